The third kappa shape index (κ3) is 7.05. The average molecular weight is 544 g/mol. The van der Waals surface area contributed by atoms with Crippen molar-refractivity contribution in [2.45, 2.75) is 11.7 Å². The third-order valence-electron chi connectivity index (χ3n) is 5.02. The number of methoxy groups -OCH3 is 2. The number of ether oxygens (including phenoxy) is 2. The van der Waals surface area contributed by atoms with Crippen LogP contribution in [0.5, 0.6) is 11.5 Å². The van der Waals surface area contributed by atoms with Gasteiger partial charge < -0.3 is 19.2 Å². The molecule has 11 nitrogen and oxygen atoms in total. The molecule has 2 heterocycles. The van der Waals surface area contributed by atoms with E-state index >= 15 is 0 Å². The lowest BCUT2D eigenvalue weighted by molar-refractivity contribution is -0.113. The van der Waals surface area contributed by atoms with Crippen LogP contribution >= 0.6 is 11.8 Å². The van der Waals surface area contributed by atoms with Crippen LogP contribution in [0.4, 0.5) is 11.4 Å². The van der Waals surface area contributed by atoms with Crippen LogP contribution in [0, 0.1) is 0 Å². The summed E-state index contributed by atoms with van der Waals surface area (Å²) in [5.41, 5.74) is 1.70. The molecule has 0 spiro atoms. The number of benzene rings is 2. The number of carbonyl (C=O) groups excluding carboxylic acids is 1. The molecule has 13 heteroatoms. The Bertz CT molecular complexity index is 1450. The highest BCUT2D eigenvalue weighted by Gasteiger charge is 2.18. The first-order valence-electron chi connectivity index (χ1n) is 10.9. The molecule has 0 aliphatic rings. The van der Waals surface area contributed by atoms with E-state index in [0.717, 1.165) is 11.8 Å². The van der Waals surface area contributed by atoms with Gasteiger partial charge in [0.15, 0.2) is 11.0 Å². The Morgan fingerprint density at radius 2 is 1.73 bits per heavy atom. The average Bonchev–Trinajstić information content (AvgIpc) is 3.52. The lowest BCUT2D eigenvalue weighted by Gasteiger charge is -2.11. The largest absolute Gasteiger partial charge is 0.497 e. The number of sulfonamides is 1. The molecule has 2 aromatic carbocycles. The van der Waals surface area contributed by atoms with Crippen molar-refractivity contribution in [3.8, 4) is 22.9 Å². The highest BCUT2D eigenvalue weighted by Crippen LogP contribution is 2.28. The van der Waals surface area contributed by atoms with Crippen LogP contribution in [-0.2, 0) is 21.4 Å². The first-order chi connectivity index (χ1) is 17.7. The smallest absolute Gasteiger partial charge is 0.234 e. The highest BCUT2D eigenvalue weighted by atomic mass is 32.2. The number of furan rings is 1. The van der Waals surface area contributed by atoms with E-state index in [1.54, 1.807) is 54.8 Å². The van der Waals surface area contributed by atoms with Gasteiger partial charge in [-0.2, -0.15) is 0 Å². The summed E-state index contributed by atoms with van der Waals surface area (Å²) < 4.78 is 43.3. The third-order valence-corrected chi connectivity index (χ3v) is 6.60. The summed E-state index contributed by atoms with van der Waals surface area (Å²) in [6, 6.07) is 15.5. The van der Waals surface area contributed by atoms with E-state index in [2.05, 4.69) is 20.2 Å². The fraction of sp³-hybridized carbons (Fsp3) is 0.208. The fourth-order valence-corrected chi connectivity index (χ4v) is 4.72. The van der Waals surface area contributed by atoms with E-state index < -0.39 is 10.0 Å². The number of thioether (sulfide) groups is 1. The highest BCUT2D eigenvalue weighted by molar-refractivity contribution is 7.99. The van der Waals surface area contributed by atoms with E-state index in [1.807, 2.05) is 10.6 Å². The Balaban J connectivity index is 1.53. The molecule has 0 aliphatic heterocycles. The Morgan fingerprint density at radius 1 is 1.03 bits per heavy atom. The van der Waals surface area contributed by atoms with Gasteiger partial charge in [-0.05, 0) is 36.4 Å². The molecule has 2 N–H and O–H groups in total. The molecule has 0 fully saturated rings. The summed E-state index contributed by atoms with van der Waals surface area (Å²) in [5, 5.41) is 12.0. The summed E-state index contributed by atoms with van der Waals surface area (Å²) in [6.07, 6.45) is 2.67. The van der Waals surface area contributed by atoms with Gasteiger partial charge in [-0.15, -0.1) is 10.2 Å². The predicted molar refractivity (Wildman–Crippen MR) is 141 cm³/mol. The van der Waals surface area contributed by atoms with Gasteiger partial charge in [-0.1, -0.05) is 11.8 Å². The zero-order chi connectivity index (χ0) is 26.4. The normalized spacial score (nSPS) is 11.2. The number of anilines is 2. The van der Waals surface area contributed by atoms with E-state index in [4.69, 9.17) is 13.9 Å². The molecular formula is C24H25N5O6S2. The minimum atomic E-state index is -3.39. The maximum atomic E-state index is 12.7. The van der Waals surface area contributed by atoms with Crippen LogP contribution in [0.3, 0.4) is 0 Å². The molecule has 0 bridgehead atoms. The number of nitrogens with one attached hydrogen (secondary N) is 2. The molecule has 0 aliphatic carbocycles. The molecule has 37 heavy (non-hydrogen) atoms. The first kappa shape index (κ1) is 26.1. The van der Waals surface area contributed by atoms with Crippen LogP contribution in [-0.4, -0.2) is 55.3 Å². The van der Waals surface area contributed by atoms with Crippen LogP contribution in [0.1, 0.15) is 5.76 Å². The fourth-order valence-electron chi connectivity index (χ4n) is 3.42. The molecule has 0 radical (unpaired) electrons. The zero-order valence-electron chi connectivity index (χ0n) is 20.3. The number of hydrogen-bond donors (Lipinski definition) is 2. The van der Waals surface area contributed by atoms with Crippen molar-refractivity contribution in [2.24, 2.45) is 0 Å². The molecule has 0 unspecified atom stereocenters. The van der Waals surface area contributed by atoms with Crippen LogP contribution in [0.25, 0.3) is 11.4 Å². The minimum absolute atomic E-state index is 0.0764. The molecule has 4 aromatic rings. The van der Waals surface area contributed by atoms with Crippen molar-refractivity contribution in [1.29, 1.82) is 0 Å². The van der Waals surface area contributed by atoms with E-state index in [0.29, 0.717) is 46.2 Å². The van der Waals surface area contributed by atoms with Crippen LogP contribution in [0.2, 0.25) is 0 Å². The maximum Gasteiger partial charge on any atom is 0.234 e. The Labute approximate surface area is 218 Å². The van der Waals surface area contributed by atoms with Gasteiger partial charge in [0.2, 0.25) is 15.9 Å². The number of hydrogen-bond acceptors (Lipinski definition) is 9. The molecule has 194 valence electrons. The van der Waals surface area contributed by atoms with Crippen molar-refractivity contribution < 1.29 is 27.1 Å². The molecule has 0 saturated carbocycles. The summed E-state index contributed by atoms with van der Waals surface area (Å²) in [4.78, 5) is 12.7. The first-order valence-corrected chi connectivity index (χ1v) is 13.8. The van der Waals surface area contributed by atoms with E-state index in [1.165, 1.54) is 26.0 Å². The van der Waals surface area contributed by atoms with Gasteiger partial charge in [-0.25, -0.2) is 8.42 Å². The molecule has 0 saturated heterocycles. The lowest BCUT2D eigenvalue weighted by atomic mass is 10.2. The van der Waals surface area contributed by atoms with Gasteiger partial charge in [0.1, 0.15) is 17.3 Å². The topological polar surface area (TPSA) is 138 Å². The monoisotopic (exact) mass is 543 g/mol. The molecule has 4 rings (SSSR count). The van der Waals surface area contributed by atoms with Crippen molar-refractivity contribution in [2.75, 3.05) is 36.3 Å². The van der Waals surface area contributed by atoms with Gasteiger partial charge in [0, 0.05) is 35.1 Å². The second kappa shape index (κ2) is 11.4. The van der Waals surface area contributed by atoms with Gasteiger partial charge in [0.05, 0.1) is 39.0 Å². The van der Waals surface area contributed by atoms with Crippen LogP contribution < -0.4 is 19.5 Å². The van der Waals surface area contributed by atoms with E-state index in [-0.39, 0.29) is 11.7 Å². The van der Waals surface area contributed by atoms with Crippen molar-refractivity contribution >= 4 is 39.1 Å². The molecular weight excluding hydrogens is 518 g/mol. The summed E-state index contributed by atoms with van der Waals surface area (Å²) >= 11 is 1.22. The predicted octanol–water partition coefficient (Wildman–Crippen LogP) is 3.71. The number of amides is 1. The van der Waals surface area contributed by atoms with Crippen molar-refractivity contribution in [3.63, 3.8) is 0 Å². The Hall–Kier alpha value is -3.97. The number of carbonyl (C=O) groups is 1. The molecule has 0 atom stereocenters. The van der Waals surface area contributed by atoms with E-state index in [9.17, 15) is 13.2 Å². The second-order valence-corrected chi connectivity index (χ2v) is 10.6. The number of nitrogens with zero attached hydrogens (tertiary/aromatic N) is 3. The Kier molecular flexibility index (Phi) is 8.04. The standard InChI is InChI=1S/C24H25N5O6S2/c1-33-20-11-18(12-21(13-20)34-2)25-22(30)15-36-24-27-26-23(29(24)14-19-5-4-10-35-19)16-6-8-17(9-7-16)28-37(3,31)32/h4-13,28H,14-15H2,1-3H3,(H,25,30). The van der Waals surface area contributed by atoms with Gasteiger partial charge in [-0.3, -0.25) is 14.1 Å². The summed E-state index contributed by atoms with van der Waals surface area (Å²) in [7, 11) is -0.316. The SMILES string of the molecule is COc1cc(NC(=O)CSc2nnc(-c3ccc(NS(C)(=O)=O)cc3)n2Cc2ccco2)cc(OC)c1. The Morgan fingerprint density at radius 3 is 2.32 bits per heavy atom. The lowest BCUT2D eigenvalue weighted by Crippen LogP contribution is -2.15. The summed E-state index contributed by atoms with van der Waals surface area (Å²) in [5.74, 6) is 2.18. The number of rotatable bonds is 11. The number of aromatic nitrogens is 3. The van der Waals surface area contributed by atoms with Crippen molar-refractivity contribution in [3.05, 3.63) is 66.6 Å². The quantitative estimate of drug-likeness (QED) is 0.271. The van der Waals surface area contributed by atoms with Gasteiger partial charge in [0.25, 0.3) is 0 Å². The van der Waals surface area contributed by atoms with Crippen LogP contribution in [0.15, 0.2) is 70.4 Å². The molecule has 2 aromatic heterocycles. The minimum Gasteiger partial charge on any atom is -0.497 e. The van der Waals surface area contributed by atoms with Gasteiger partial charge >= 0.3 is 0 Å². The zero-order valence-corrected chi connectivity index (χ0v) is 21.9. The van der Waals surface area contributed by atoms with Crippen molar-refractivity contribution in [1.82, 2.24) is 14.8 Å². The second-order valence-electron chi connectivity index (χ2n) is 7.86. The molecule has 1 amide bonds. The summed E-state index contributed by atoms with van der Waals surface area (Å²) in [6.45, 7) is 0.343. The maximum absolute atomic E-state index is 12.7.